The molecule has 0 aliphatic heterocycles. The molecule has 0 aliphatic carbocycles. The average molecular weight is 461 g/mol. The number of hydrogen-bond acceptors (Lipinski definition) is 5. The summed E-state index contributed by atoms with van der Waals surface area (Å²) in [4.78, 5) is 24.8. The van der Waals surface area contributed by atoms with E-state index >= 15 is 0 Å². The highest BCUT2D eigenvalue weighted by Crippen LogP contribution is 2.31. The number of benzene rings is 2. The first kappa shape index (κ1) is 23.8. The van der Waals surface area contributed by atoms with Crippen molar-refractivity contribution in [2.24, 2.45) is 0 Å². The fourth-order valence-corrected chi connectivity index (χ4v) is 3.39. The van der Waals surface area contributed by atoms with Gasteiger partial charge in [0.25, 0.3) is 0 Å². The van der Waals surface area contributed by atoms with Crippen LogP contribution in [0.1, 0.15) is 32.9 Å². The molecule has 1 N–H and O–H groups in total. The number of carbonyl (C=O) groups excluding carboxylic acids is 2. The van der Waals surface area contributed by atoms with Crippen molar-refractivity contribution < 1.29 is 32.2 Å². The molecule has 2 aromatic carbocycles. The predicted molar refractivity (Wildman–Crippen MR) is 115 cm³/mol. The first-order valence-electron chi connectivity index (χ1n) is 9.84. The lowest BCUT2D eigenvalue weighted by Crippen LogP contribution is -2.18. The van der Waals surface area contributed by atoms with Gasteiger partial charge in [0.1, 0.15) is 5.75 Å². The van der Waals surface area contributed by atoms with Crippen LogP contribution in [0.15, 0.2) is 42.5 Å². The molecule has 0 bridgehead atoms. The van der Waals surface area contributed by atoms with Crippen LogP contribution in [0.2, 0.25) is 0 Å². The van der Waals surface area contributed by atoms with Crippen LogP contribution in [0, 0.1) is 13.8 Å². The van der Waals surface area contributed by atoms with Gasteiger partial charge >= 0.3 is 12.1 Å². The van der Waals surface area contributed by atoms with Gasteiger partial charge in [0, 0.05) is 11.3 Å². The van der Waals surface area contributed by atoms with Gasteiger partial charge in [-0.25, -0.2) is 9.48 Å². The van der Waals surface area contributed by atoms with Crippen LogP contribution in [0.5, 0.6) is 5.75 Å². The second-order valence-corrected chi connectivity index (χ2v) is 7.24. The van der Waals surface area contributed by atoms with Crippen molar-refractivity contribution in [2.45, 2.75) is 26.4 Å². The van der Waals surface area contributed by atoms with Crippen LogP contribution in [-0.2, 0) is 22.1 Å². The summed E-state index contributed by atoms with van der Waals surface area (Å²) < 4.78 is 50.5. The van der Waals surface area contributed by atoms with E-state index in [1.807, 2.05) is 0 Å². The van der Waals surface area contributed by atoms with Gasteiger partial charge < -0.3 is 14.8 Å². The topological polar surface area (TPSA) is 82.4 Å². The Morgan fingerprint density at radius 2 is 1.82 bits per heavy atom. The maximum atomic E-state index is 13.1. The van der Waals surface area contributed by atoms with E-state index in [1.54, 1.807) is 19.9 Å². The normalized spacial score (nSPS) is 11.2. The number of hydrogen-bond donors (Lipinski definition) is 1. The number of aryl methyl sites for hydroxylation is 1. The third-order valence-electron chi connectivity index (χ3n) is 5.10. The van der Waals surface area contributed by atoms with Gasteiger partial charge in [-0.05, 0) is 50.2 Å². The average Bonchev–Trinajstić information content (AvgIpc) is 3.06. The van der Waals surface area contributed by atoms with Crippen LogP contribution in [0.4, 0.5) is 18.9 Å². The highest BCUT2D eigenvalue weighted by atomic mass is 19.4. The molecule has 7 nitrogen and oxygen atoms in total. The monoisotopic (exact) mass is 461 g/mol. The summed E-state index contributed by atoms with van der Waals surface area (Å²) in [5.41, 5.74) is 1.42. The third-order valence-corrected chi connectivity index (χ3v) is 5.10. The number of rotatable bonds is 6. The molecular weight excluding hydrogens is 439 g/mol. The minimum atomic E-state index is -4.48. The fraction of sp³-hybridized carbons (Fsp3) is 0.261. The Morgan fingerprint density at radius 1 is 1.09 bits per heavy atom. The van der Waals surface area contributed by atoms with Gasteiger partial charge in [0.05, 0.1) is 48.8 Å². The zero-order valence-corrected chi connectivity index (χ0v) is 18.4. The van der Waals surface area contributed by atoms with E-state index in [-0.39, 0.29) is 23.4 Å². The molecule has 0 atom stereocenters. The van der Waals surface area contributed by atoms with Crippen LogP contribution >= 0.6 is 0 Å². The lowest BCUT2D eigenvalue weighted by Gasteiger charge is -2.12. The van der Waals surface area contributed by atoms with Crippen molar-refractivity contribution in [1.29, 1.82) is 0 Å². The minimum absolute atomic E-state index is 0.0940. The Balaban J connectivity index is 1.87. The van der Waals surface area contributed by atoms with Crippen LogP contribution < -0.4 is 10.1 Å². The van der Waals surface area contributed by atoms with Gasteiger partial charge in [-0.3, -0.25) is 4.79 Å². The maximum Gasteiger partial charge on any atom is 0.416 e. The number of nitrogens with zero attached hydrogens (tertiary/aromatic N) is 2. The third kappa shape index (κ3) is 5.16. The molecule has 3 aromatic rings. The molecule has 0 unspecified atom stereocenters. The second kappa shape index (κ2) is 9.35. The van der Waals surface area contributed by atoms with E-state index in [4.69, 9.17) is 9.47 Å². The second-order valence-electron chi connectivity index (χ2n) is 7.24. The van der Waals surface area contributed by atoms with E-state index in [9.17, 15) is 22.8 Å². The van der Waals surface area contributed by atoms with Crippen molar-refractivity contribution in [3.8, 4) is 11.4 Å². The molecule has 1 amide bonds. The van der Waals surface area contributed by atoms with Crippen molar-refractivity contribution >= 4 is 17.6 Å². The van der Waals surface area contributed by atoms with Gasteiger partial charge in [-0.1, -0.05) is 6.07 Å². The van der Waals surface area contributed by atoms with Crippen LogP contribution in [-0.4, -0.2) is 35.9 Å². The number of alkyl halides is 3. The molecule has 0 radical (unpaired) electrons. The fourth-order valence-electron chi connectivity index (χ4n) is 3.39. The summed E-state index contributed by atoms with van der Waals surface area (Å²) in [6, 6.07) is 9.36. The molecule has 0 spiro atoms. The Kier molecular flexibility index (Phi) is 6.75. The number of methoxy groups -OCH3 is 2. The summed E-state index contributed by atoms with van der Waals surface area (Å²) in [5, 5.41) is 7.00. The van der Waals surface area contributed by atoms with Crippen LogP contribution in [0.3, 0.4) is 0 Å². The highest BCUT2D eigenvalue weighted by Gasteiger charge is 2.31. The van der Waals surface area contributed by atoms with Crippen molar-refractivity contribution in [2.75, 3.05) is 19.5 Å². The minimum Gasteiger partial charge on any atom is -0.497 e. The molecule has 174 valence electrons. The summed E-state index contributed by atoms with van der Waals surface area (Å²) in [6.45, 7) is 3.35. The number of nitrogens with one attached hydrogen (secondary N) is 1. The van der Waals surface area contributed by atoms with Crippen molar-refractivity contribution in [1.82, 2.24) is 9.78 Å². The number of anilines is 1. The van der Waals surface area contributed by atoms with Gasteiger partial charge in [-0.15, -0.1) is 0 Å². The first-order chi connectivity index (χ1) is 15.5. The summed E-state index contributed by atoms with van der Waals surface area (Å²) in [6.07, 6.45) is -4.58. The standard InChI is InChI=1S/C23H22F3N3O4/c1-13-18(14(2)29(28-13)16-7-5-6-15(10-16)23(24,25)26)12-21(30)27-20-9-8-17(32-3)11-19(20)22(31)33-4/h5-11H,12H2,1-4H3,(H,27,30). The number of aromatic nitrogens is 2. The van der Waals surface area contributed by atoms with E-state index < -0.39 is 23.6 Å². The zero-order chi connectivity index (χ0) is 24.3. The Hall–Kier alpha value is -3.82. The first-order valence-corrected chi connectivity index (χ1v) is 9.84. The Bertz CT molecular complexity index is 1200. The Labute approximate surface area is 188 Å². The zero-order valence-electron chi connectivity index (χ0n) is 18.4. The molecule has 0 saturated heterocycles. The molecule has 10 heteroatoms. The molecule has 0 saturated carbocycles. The van der Waals surface area contributed by atoms with Gasteiger partial charge in [-0.2, -0.15) is 18.3 Å². The number of amides is 1. The number of esters is 1. The van der Waals surface area contributed by atoms with Gasteiger partial charge in [0.2, 0.25) is 5.91 Å². The van der Waals surface area contributed by atoms with E-state index in [1.165, 1.54) is 43.2 Å². The lowest BCUT2D eigenvalue weighted by molar-refractivity contribution is -0.137. The summed E-state index contributed by atoms with van der Waals surface area (Å²) in [7, 11) is 2.67. The van der Waals surface area contributed by atoms with Gasteiger partial charge in [0.15, 0.2) is 0 Å². The maximum absolute atomic E-state index is 13.1. The molecule has 3 rings (SSSR count). The number of halogens is 3. The predicted octanol–water partition coefficient (Wildman–Crippen LogP) is 4.48. The Morgan fingerprint density at radius 3 is 2.45 bits per heavy atom. The summed E-state index contributed by atoms with van der Waals surface area (Å²) >= 11 is 0. The number of carbonyl (C=O) groups is 2. The van der Waals surface area contributed by atoms with E-state index in [2.05, 4.69) is 10.4 Å². The largest absolute Gasteiger partial charge is 0.497 e. The highest BCUT2D eigenvalue weighted by molar-refractivity contribution is 6.02. The van der Waals surface area contributed by atoms with Crippen LogP contribution in [0.25, 0.3) is 5.69 Å². The molecule has 0 aliphatic rings. The smallest absolute Gasteiger partial charge is 0.416 e. The molecule has 0 fully saturated rings. The van der Waals surface area contributed by atoms with Crippen molar-refractivity contribution in [3.05, 3.63) is 70.5 Å². The number of ether oxygens (including phenoxy) is 2. The molecule has 1 aromatic heterocycles. The quantitative estimate of drug-likeness (QED) is 0.548. The van der Waals surface area contributed by atoms with Crippen molar-refractivity contribution in [3.63, 3.8) is 0 Å². The lowest BCUT2D eigenvalue weighted by atomic mass is 10.1. The van der Waals surface area contributed by atoms with E-state index in [0.717, 1.165) is 12.1 Å². The van der Waals surface area contributed by atoms with E-state index in [0.29, 0.717) is 22.7 Å². The summed E-state index contributed by atoms with van der Waals surface area (Å²) in [5.74, 6) is -0.656. The molecule has 33 heavy (non-hydrogen) atoms. The SMILES string of the molecule is COC(=O)c1cc(OC)ccc1NC(=O)Cc1c(C)nn(-c2cccc(C(F)(F)F)c2)c1C. The molecular formula is C23H22F3N3O4. The molecule has 1 heterocycles.